The molecule has 0 aliphatic heterocycles. The number of hydrogen-bond donors (Lipinski definition) is 1. The molecule has 1 aromatic rings. The second-order valence-corrected chi connectivity index (χ2v) is 6.16. The Morgan fingerprint density at radius 2 is 2.06 bits per heavy atom. The first-order valence-electron chi connectivity index (χ1n) is 6.43. The van der Waals surface area contributed by atoms with Crippen LogP contribution in [0.4, 0.5) is 0 Å². The molecule has 1 rings (SSSR count). The fourth-order valence-electron chi connectivity index (χ4n) is 1.80. The molecular weight excluding hydrogens is 226 g/mol. The first-order valence-corrected chi connectivity index (χ1v) is 7.72. The number of aryl methyl sites for hydroxylation is 2. The van der Waals surface area contributed by atoms with Crippen LogP contribution in [0, 0.1) is 6.92 Å². The predicted octanol–water partition coefficient (Wildman–Crippen LogP) is 3.66. The normalized spacial score (nSPS) is 14.6. The van der Waals surface area contributed by atoms with E-state index in [1.54, 1.807) is 0 Å². The van der Waals surface area contributed by atoms with Gasteiger partial charge in [0.2, 0.25) is 0 Å². The fraction of sp³-hybridized carbons (Fsp3) is 0.600. The number of benzene rings is 1. The van der Waals surface area contributed by atoms with Crippen molar-refractivity contribution in [3.8, 4) is 0 Å². The molecule has 0 radical (unpaired) electrons. The molecule has 1 nitrogen and oxygen atoms in total. The van der Waals surface area contributed by atoms with Gasteiger partial charge in [0.25, 0.3) is 0 Å². The van der Waals surface area contributed by atoms with E-state index < -0.39 is 0 Å². The van der Waals surface area contributed by atoms with Gasteiger partial charge in [-0.15, -0.1) is 0 Å². The highest BCUT2D eigenvalue weighted by atomic mass is 32.2. The Morgan fingerprint density at radius 1 is 1.29 bits per heavy atom. The van der Waals surface area contributed by atoms with Crippen LogP contribution in [0.3, 0.4) is 0 Å². The molecule has 0 heterocycles. The summed E-state index contributed by atoms with van der Waals surface area (Å²) in [6, 6.07) is 9.43. The van der Waals surface area contributed by atoms with E-state index >= 15 is 0 Å². The van der Waals surface area contributed by atoms with Gasteiger partial charge in [-0.3, -0.25) is 0 Å². The fourth-order valence-corrected chi connectivity index (χ4v) is 2.07. The summed E-state index contributed by atoms with van der Waals surface area (Å²) in [4.78, 5) is 0. The van der Waals surface area contributed by atoms with Gasteiger partial charge in [0.15, 0.2) is 0 Å². The maximum Gasteiger partial charge on any atom is 0.0141 e. The number of rotatable bonds is 7. The Balaban J connectivity index is 2.26. The zero-order valence-electron chi connectivity index (χ0n) is 11.5. The zero-order valence-corrected chi connectivity index (χ0v) is 12.3. The van der Waals surface area contributed by atoms with Crippen molar-refractivity contribution in [2.75, 3.05) is 12.8 Å². The van der Waals surface area contributed by atoms with Crippen molar-refractivity contribution in [1.29, 1.82) is 0 Å². The molecular formula is C15H25NS. The third-order valence-electron chi connectivity index (χ3n) is 3.10. The maximum atomic E-state index is 3.60. The van der Waals surface area contributed by atoms with Crippen LogP contribution in [0.1, 0.15) is 31.4 Å². The monoisotopic (exact) mass is 251 g/mol. The van der Waals surface area contributed by atoms with Crippen molar-refractivity contribution in [1.82, 2.24) is 5.32 Å². The summed E-state index contributed by atoms with van der Waals surface area (Å²) in [7, 11) is 0. The minimum absolute atomic E-state index is 0.602. The third-order valence-corrected chi connectivity index (χ3v) is 4.08. The van der Waals surface area contributed by atoms with Crippen LogP contribution in [0.5, 0.6) is 0 Å². The lowest BCUT2D eigenvalue weighted by atomic mass is 10.0. The first kappa shape index (κ1) is 14.6. The van der Waals surface area contributed by atoms with E-state index in [2.05, 4.69) is 56.6 Å². The van der Waals surface area contributed by atoms with E-state index in [1.165, 1.54) is 24.0 Å². The average molecular weight is 251 g/mol. The van der Waals surface area contributed by atoms with Gasteiger partial charge in [0, 0.05) is 17.8 Å². The summed E-state index contributed by atoms with van der Waals surface area (Å²) >= 11 is 1.92. The van der Waals surface area contributed by atoms with E-state index in [-0.39, 0.29) is 0 Å². The van der Waals surface area contributed by atoms with Crippen molar-refractivity contribution >= 4 is 11.8 Å². The number of thioether (sulfide) groups is 1. The van der Waals surface area contributed by atoms with Gasteiger partial charge in [0.1, 0.15) is 0 Å². The number of hydrogen-bond acceptors (Lipinski definition) is 2. The maximum absolute atomic E-state index is 3.60. The molecule has 1 aromatic carbocycles. The molecule has 2 unspecified atom stereocenters. The molecule has 2 atom stereocenters. The van der Waals surface area contributed by atoms with Crippen LogP contribution in [-0.2, 0) is 6.42 Å². The molecule has 96 valence electrons. The summed E-state index contributed by atoms with van der Waals surface area (Å²) in [5.41, 5.74) is 2.82. The highest BCUT2D eigenvalue weighted by Crippen LogP contribution is 2.09. The molecule has 0 aliphatic rings. The summed E-state index contributed by atoms with van der Waals surface area (Å²) in [6.45, 7) is 7.81. The Kier molecular flexibility index (Phi) is 6.68. The molecule has 0 bridgehead atoms. The van der Waals surface area contributed by atoms with Crippen LogP contribution in [0.15, 0.2) is 24.3 Å². The Hall–Kier alpha value is -0.470. The summed E-state index contributed by atoms with van der Waals surface area (Å²) < 4.78 is 0. The molecule has 1 N–H and O–H groups in total. The molecule has 0 saturated heterocycles. The van der Waals surface area contributed by atoms with E-state index in [1.807, 2.05) is 11.8 Å². The van der Waals surface area contributed by atoms with Gasteiger partial charge in [-0.2, -0.15) is 11.8 Å². The summed E-state index contributed by atoms with van der Waals surface area (Å²) in [6.07, 6.45) is 4.55. The molecule has 2 heteroatoms. The quantitative estimate of drug-likeness (QED) is 0.794. The van der Waals surface area contributed by atoms with Crippen molar-refractivity contribution in [2.24, 2.45) is 0 Å². The van der Waals surface area contributed by atoms with Gasteiger partial charge < -0.3 is 5.32 Å². The first-order chi connectivity index (χ1) is 8.11. The largest absolute Gasteiger partial charge is 0.313 e. The molecule has 0 aliphatic carbocycles. The topological polar surface area (TPSA) is 12.0 Å². The summed E-state index contributed by atoms with van der Waals surface area (Å²) in [5.74, 6) is 0. The minimum atomic E-state index is 0.602. The van der Waals surface area contributed by atoms with Crippen molar-refractivity contribution < 1.29 is 0 Å². The smallest absolute Gasteiger partial charge is 0.0141 e. The van der Waals surface area contributed by atoms with Crippen LogP contribution >= 0.6 is 11.8 Å². The summed E-state index contributed by atoms with van der Waals surface area (Å²) in [5, 5.41) is 4.30. The minimum Gasteiger partial charge on any atom is -0.313 e. The predicted molar refractivity (Wildman–Crippen MR) is 79.9 cm³/mol. The van der Waals surface area contributed by atoms with Crippen LogP contribution in [0.25, 0.3) is 0 Å². The number of nitrogens with one attached hydrogen (secondary N) is 1. The highest BCUT2D eigenvalue weighted by molar-refractivity contribution is 7.99. The molecule has 17 heavy (non-hydrogen) atoms. The lowest BCUT2D eigenvalue weighted by Crippen LogP contribution is -2.31. The highest BCUT2D eigenvalue weighted by Gasteiger charge is 2.04. The lowest BCUT2D eigenvalue weighted by molar-refractivity contribution is 0.517. The zero-order chi connectivity index (χ0) is 12.7. The molecule has 0 aromatic heterocycles. The van der Waals surface area contributed by atoms with E-state index in [9.17, 15) is 0 Å². The van der Waals surface area contributed by atoms with Crippen LogP contribution in [0.2, 0.25) is 0 Å². The van der Waals surface area contributed by atoms with Crippen LogP contribution < -0.4 is 5.32 Å². The Bertz CT molecular complexity index is 324. The SMILES string of the molecule is CSC(C)CNC(C)CCc1cccc(C)c1. The van der Waals surface area contributed by atoms with Crippen molar-refractivity contribution in [3.63, 3.8) is 0 Å². The van der Waals surface area contributed by atoms with Crippen molar-refractivity contribution in [2.45, 2.75) is 44.9 Å². The third kappa shape index (κ3) is 6.13. The van der Waals surface area contributed by atoms with E-state index in [0.29, 0.717) is 11.3 Å². The van der Waals surface area contributed by atoms with E-state index in [0.717, 1.165) is 6.54 Å². The lowest BCUT2D eigenvalue weighted by Gasteiger charge is -2.16. The Morgan fingerprint density at radius 3 is 2.71 bits per heavy atom. The second kappa shape index (κ2) is 7.78. The van der Waals surface area contributed by atoms with Gasteiger partial charge in [0.05, 0.1) is 0 Å². The van der Waals surface area contributed by atoms with Crippen molar-refractivity contribution in [3.05, 3.63) is 35.4 Å². The van der Waals surface area contributed by atoms with Crippen LogP contribution in [-0.4, -0.2) is 24.1 Å². The van der Waals surface area contributed by atoms with Gasteiger partial charge in [-0.1, -0.05) is 36.8 Å². The molecule has 0 fully saturated rings. The van der Waals surface area contributed by atoms with Gasteiger partial charge in [-0.05, 0) is 38.5 Å². The van der Waals surface area contributed by atoms with Gasteiger partial charge in [-0.25, -0.2) is 0 Å². The van der Waals surface area contributed by atoms with Gasteiger partial charge >= 0.3 is 0 Å². The second-order valence-electron chi connectivity index (χ2n) is 4.88. The Labute approximate surface area is 110 Å². The average Bonchev–Trinajstić information content (AvgIpc) is 2.33. The standard InChI is InChI=1S/C15H25NS/c1-12-6-5-7-15(10-12)9-8-13(2)16-11-14(3)17-4/h5-7,10,13-14,16H,8-9,11H2,1-4H3. The molecule has 0 spiro atoms. The molecule has 0 saturated carbocycles. The van der Waals surface area contributed by atoms with E-state index in [4.69, 9.17) is 0 Å². The molecule has 0 amide bonds.